The van der Waals surface area contributed by atoms with Crippen molar-refractivity contribution in [3.8, 4) is 0 Å². The molecule has 15 heavy (non-hydrogen) atoms. The first kappa shape index (κ1) is 11.1. The summed E-state index contributed by atoms with van der Waals surface area (Å²) < 4.78 is 0. The van der Waals surface area contributed by atoms with E-state index in [0.29, 0.717) is 11.2 Å². The number of aromatic nitrogens is 1. The fourth-order valence-electron chi connectivity index (χ4n) is 1.79. The summed E-state index contributed by atoms with van der Waals surface area (Å²) in [6.07, 6.45) is 1.22. The van der Waals surface area contributed by atoms with Crippen LogP contribution in [0.3, 0.4) is 0 Å². The lowest BCUT2D eigenvalue weighted by atomic mass is 10.2. The summed E-state index contributed by atoms with van der Waals surface area (Å²) in [6, 6.07) is 6.39. The summed E-state index contributed by atoms with van der Waals surface area (Å²) >= 11 is 7.93. The van der Waals surface area contributed by atoms with E-state index in [1.54, 1.807) is 0 Å². The molecular formula is C11H15ClN2S. The minimum atomic E-state index is 0.561. The summed E-state index contributed by atoms with van der Waals surface area (Å²) in [7, 11) is 0. The van der Waals surface area contributed by atoms with Crippen LogP contribution < -0.4 is 4.90 Å². The number of halogens is 1. The second kappa shape index (κ2) is 5.08. The van der Waals surface area contributed by atoms with Gasteiger partial charge in [0.2, 0.25) is 0 Å². The third-order valence-corrected chi connectivity index (χ3v) is 3.89. The average Bonchev–Trinajstić information content (AvgIpc) is 2.43. The van der Waals surface area contributed by atoms with Crippen LogP contribution in [-0.4, -0.2) is 29.1 Å². The van der Waals surface area contributed by atoms with Gasteiger partial charge in [0.25, 0.3) is 0 Å². The van der Waals surface area contributed by atoms with Gasteiger partial charge in [0.15, 0.2) is 0 Å². The number of pyridine rings is 1. The minimum absolute atomic E-state index is 0.561. The zero-order chi connectivity index (χ0) is 10.7. The molecule has 1 aliphatic heterocycles. The first-order valence-corrected chi connectivity index (χ1v) is 6.77. The quantitative estimate of drug-likeness (QED) is 0.705. The van der Waals surface area contributed by atoms with E-state index in [2.05, 4.69) is 16.8 Å². The number of rotatable bonds is 1. The minimum Gasteiger partial charge on any atom is -0.353 e. The first-order chi connectivity index (χ1) is 7.27. The van der Waals surface area contributed by atoms with Crippen molar-refractivity contribution in [2.45, 2.75) is 19.4 Å². The van der Waals surface area contributed by atoms with Crippen molar-refractivity contribution in [3.63, 3.8) is 0 Å². The molecule has 0 aromatic carbocycles. The van der Waals surface area contributed by atoms with Gasteiger partial charge in [0.05, 0.1) is 0 Å². The van der Waals surface area contributed by atoms with Crippen molar-refractivity contribution in [2.75, 3.05) is 23.0 Å². The number of nitrogens with zero attached hydrogens (tertiary/aromatic N) is 2. The van der Waals surface area contributed by atoms with Gasteiger partial charge < -0.3 is 4.90 Å². The third-order valence-electron chi connectivity index (χ3n) is 2.68. The molecule has 1 unspecified atom stereocenters. The van der Waals surface area contributed by atoms with Crippen LogP contribution in [0.15, 0.2) is 18.2 Å². The van der Waals surface area contributed by atoms with Crippen LogP contribution in [0.4, 0.5) is 5.82 Å². The van der Waals surface area contributed by atoms with E-state index in [9.17, 15) is 0 Å². The smallest absolute Gasteiger partial charge is 0.131 e. The van der Waals surface area contributed by atoms with E-state index in [-0.39, 0.29) is 0 Å². The summed E-state index contributed by atoms with van der Waals surface area (Å²) in [5, 5.41) is 0.580. The predicted octanol–water partition coefficient (Wildman–Crippen LogP) is 3.07. The normalized spacial score (nSPS) is 22.5. The standard InChI is InChI=1S/C11H15ClN2S/c1-9-5-7-15-8-6-14(9)11-4-2-3-10(12)13-11/h2-4,9H,5-8H2,1H3. The number of hydrogen-bond acceptors (Lipinski definition) is 3. The molecule has 4 heteroatoms. The Hall–Kier alpha value is -0.410. The van der Waals surface area contributed by atoms with Gasteiger partial charge in [-0.15, -0.1) is 0 Å². The maximum absolute atomic E-state index is 5.91. The van der Waals surface area contributed by atoms with E-state index in [4.69, 9.17) is 11.6 Å². The fourth-order valence-corrected chi connectivity index (χ4v) is 2.99. The molecule has 2 rings (SSSR count). The Kier molecular flexibility index (Phi) is 3.76. The van der Waals surface area contributed by atoms with Gasteiger partial charge in [-0.05, 0) is 31.2 Å². The van der Waals surface area contributed by atoms with Crippen molar-refractivity contribution in [3.05, 3.63) is 23.4 Å². The summed E-state index contributed by atoms with van der Waals surface area (Å²) in [5.41, 5.74) is 0. The lowest BCUT2D eigenvalue weighted by Crippen LogP contribution is -2.34. The van der Waals surface area contributed by atoms with Crippen molar-refractivity contribution in [1.29, 1.82) is 0 Å². The molecule has 0 aliphatic carbocycles. The zero-order valence-electron chi connectivity index (χ0n) is 8.82. The van der Waals surface area contributed by atoms with Crippen LogP contribution in [0.1, 0.15) is 13.3 Å². The van der Waals surface area contributed by atoms with Gasteiger partial charge in [0.1, 0.15) is 11.0 Å². The predicted molar refractivity (Wildman–Crippen MR) is 68.0 cm³/mol. The summed E-state index contributed by atoms with van der Waals surface area (Å²) in [6.45, 7) is 3.33. The molecular weight excluding hydrogens is 228 g/mol. The monoisotopic (exact) mass is 242 g/mol. The van der Waals surface area contributed by atoms with Gasteiger partial charge in [-0.25, -0.2) is 4.98 Å². The van der Waals surface area contributed by atoms with Gasteiger partial charge in [-0.2, -0.15) is 11.8 Å². The Labute approximate surface area is 100 Å². The second-order valence-electron chi connectivity index (χ2n) is 3.76. The van der Waals surface area contributed by atoms with E-state index in [1.165, 1.54) is 17.9 Å². The highest BCUT2D eigenvalue weighted by molar-refractivity contribution is 7.99. The second-order valence-corrected chi connectivity index (χ2v) is 5.37. The molecule has 0 bridgehead atoms. The Morgan fingerprint density at radius 2 is 2.33 bits per heavy atom. The number of thioether (sulfide) groups is 1. The van der Waals surface area contributed by atoms with E-state index >= 15 is 0 Å². The van der Waals surface area contributed by atoms with Gasteiger partial charge in [0, 0.05) is 18.3 Å². The van der Waals surface area contributed by atoms with Crippen LogP contribution in [0, 0.1) is 0 Å². The fraction of sp³-hybridized carbons (Fsp3) is 0.545. The Balaban J connectivity index is 2.20. The highest BCUT2D eigenvalue weighted by atomic mass is 35.5. The van der Waals surface area contributed by atoms with Gasteiger partial charge >= 0.3 is 0 Å². The summed E-state index contributed by atoms with van der Waals surface area (Å²) in [4.78, 5) is 6.72. The van der Waals surface area contributed by atoms with Crippen molar-refractivity contribution in [1.82, 2.24) is 4.98 Å². The van der Waals surface area contributed by atoms with Crippen LogP contribution in [0.2, 0.25) is 5.15 Å². The molecule has 0 N–H and O–H groups in total. The third kappa shape index (κ3) is 2.79. The SMILES string of the molecule is CC1CCSCCN1c1cccc(Cl)n1. The van der Waals surface area contributed by atoms with Crippen LogP contribution in [0.5, 0.6) is 0 Å². The Morgan fingerprint density at radius 3 is 3.13 bits per heavy atom. The molecule has 0 radical (unpaired) electrons. The van der Waals surface area contributed by atoms with E-state index < -0.39 is 0 Å². The lowest BCUT2D eigenvalue weighted by Gasteiger charge is -2.27. The lowest BCUT2D eigenvalue weighted by molar-refractivity contribution is 0.638. The Bertz CT molecular complexity index is 332. The Morgan fingerprint density at radius 1 is 1.47 bits per heavy atom. The molecule has 1 aliphatic rings. The van der Waals surface area contributed by atoms with Crippen LogP contribution >= 0.6 is 23.4 Å². The molecule has 82 valence electrons. The largest absolute Gasteiger partial charge is 0.353 e. The molecule has 1 atom stereocenters. The zero-order valence-corrected chi connectivity index (χ0v) is 10.4. The molecule has 0 amide bonds. The molecule has 1 fully saturated rings. The van der Waals surface area contributed by atoms with Crippen molar-refractivity contribution >= 4 is 29.2 Å². The highest BCUT2D eigenvalue weighted by Gasteiger charge is 2.18. The molecule has 0 spiro atoms. The molecule has 2 heterocycles. The topological polar surface area (TPSA) is 16.1 Å². The number of hydrogen-bond donors (Lipinski definition) is 0. The molecule has 1 saturated heterocycles. The molecule has 1 aromatic heterocycles. The molecule has 1 aromatic rings. The van der Waals surface area contributed by atoms with Crippen molar-refractivity contribution in [2.24, 2.45) is 0 Å². The van der Waals surface area contributed by atoms with E-state index in [0.717, 1.165) is 12.4 Å². The highest BCUT2D eigenvalue weighted by Crippen LogP contribution is 2.22. The first-order valence-electron chi connectivity index (χ1n) is 5.24. The van der Waals surface area contributed by atoms with Crippen LogP contribution in [-0.2, 0) is 0 Å². The van der Waals surface area contributed by atoms with Crippen molar-refractivity contribution < 1.29 is 0 Å². The van der Waals surface area contributed by atoms with Crippen LogP contribution in [0.25, 0.3) is 0 Å². The molecule has 2 nitrogen and oxygen atoms in total. The van der Waals surface area contributed by atoms with E-state index in [1.807, 2.05) is 30.0 Å². The van der Waals surface area contributed by atoms with Gasteiger partial charge in [-0.1, -0.05) is 17.7 Å². The maximum atomic E-state index is 5.91. The van der Waals surface area contributed by atoms with Gasteiger partial charge in [-0.3, -0.25) is 0 Å². The maximum Gasteiger partial charge on any atom is 0.131 e. The summed E-state index contributed by atoms with van der Waals surface area (Å²) in [5.74, 6) is 3.44. The molecule has 0 saturated carbocycles. The number of anilines is 1. The average molecular weight is 243 g/mol.